The molecule has 0 unspecified atom stereocenters. The number of nitrogens with zero attached hydrogens (tertiary/aromatic N) is 5. The number of hydrogen-bond acceptors (Lipinski definition) is 6. The molecule has 7 heteroatoms. The second-order valence-electron chi connectivity index (χ2n) is 5.36. The lowest BCUT2D eigenvalue weighted by atomic mass is 10.3. The highest BCUT2D eigenvalue weighted by atomic mass is 16.2. The van der Waals surface area contributed by atoms with Gasteiger partial charge in [-0.2, -0.15) is 0 Å². The van der Waals surface area contributed by atoms with E-state index in [-0.39, 0.29) is 5.91 Å². The highest BCUT2D eigenvalue weighted by Gasteiger charge is 2.20. The minimum absolute atomic E-state index is 0.215. The molecule has 1 fully saturated rings. The normalized spacial score (nSPS) is 14.7. The largest absolute Gasteiger partial charge is 0.352 e. The minimum Gasteiger partial charge on any atom is -0.352 e. The van der Waals surface area contributed by atoms with E-state index in [4.69, 9.17) is 0 Å². The second kappa shape index (κ2) is 7.04. The summed E-state index contributed by atoms with van der Waals surface area (Å²) < 4.78 is 0. The molecular weight excluding hydrogens is 292 g/mol. The van der Waals surface area contributed by atoms with Gasteiger partial charge in [0.05, 0.1) is 0 Å². The topological polar surface area (TPSA) is 74.2 Å². The third kappa shape index (κ3) is 3.74. The van der Waals surface area contributed by atoms with Gasteiger partial charge in [-0.05, 0) is 24.3 Å². The van der Waals surface area contributed by atoms with Crippen molar-refractivity contribution in [1.82, 2.24) is 20.1 Å². The first-order valence-electron chi connectivity index (χ1n) is 7.80. The molecule has 0 atom stereocenters. The van der Waals surface area contributed by atoms with Gasteiger partial charge in [0, 0.05) is 50.7 Å². The van der Waals surface area contributed by atoms with E-state index in [9.17, 15) is 4.79 Å². The highest BCUT2D eigenvalue weighted by Crippen LogP contribution is 2.17. The number of carbonyl (C=O) groups excluding carboxylic acids is 1. The molecule has 3 rings (SSSR count). The van der Waals surface area contributed by atoms with Crippen LogP contribution < -0.4 is 10.2 Å². The molecule has 0 bridgehead atoms. The van der Waals surface area contributed by atoms with Crippen LogP contribution in [0.15, 0.2) is 36.7 Å². The first-order chi connectivity index (χ1) is 11.3. The van der Waals surface area contributed by atoms with Crippen LogP contribution in [0.1, 0.15) is 13.3 Å². The van der Waals surface area contributed by atoms with Gasteiger partial charge in [0.1, 0.15) is 0 Å². The van der Waals surface area contributed by atoms with Crippen molar-refractivity contribution < 1.29 is 4.79 Å². The van der Waals surface area contributed by atoms with Crippen molar-refractivity contribution >= 4 is 23.2 Å². The first-order valence-corrected chi connectivity index (χ1v) is 7.80. The van der Waals surface area contributed by atoms with Gasteiger partial charge < -0.3 is 15.1 Å². The molecular formula is C16H20N6O. The lowest BCUT2D eigenvalue weighted by molar-refractivity contribution is -0.131. The van der Waals surface area contributed by atoms with Crippen LogP contribution in [0, 0.1) is 0 Å². The number of pyridine rings is 1. The summed E-state index contributed by atoms with van der Waals surface area (Å²) in [6.07, 6.45) is 4.01. The molecule has 23 heavy (non-hydrogen) atoms. The monoisotopic (exact) mass is 312 g/mol. The number of nitrogens with one attached hydrogen (secondary N) is 1. The third-order valence-corrected chi connectivity index (χ3v) is 3.86. The molecule has 0 aliphatic carbocycles. The summed E-state index contributed by atoms with van der Waals surface area (Å²) in [5.74, 6) is 1.75. The van der Waals surface area contributed by atoms with Gasteiger partial charge >= 0.3 is 0 Å². The summed E-state index contributed by atoms with van der Waals surface area (Å²) in [6, 6.07) is 7.61. The zero-order valence-corrected chi connectivity index (χ0v) is 13.1. The standard InChI is InChI=1S/C16H20N6O/c1-2-16(23)22-11-9-21(10-12-22)15-4-3-14(19-20-15)18-13-5-7-17-8-6-13/h3-8H,2,9-12H2,1H3,(H,17,18,19). The van der Waals surface area contributed by atoms with Gasteiger partial charge in [-0.25, -0.2) is 0 Å². The first kappa shape index (κ1) is 15.2. The number of aromatic nitrogens is 3. The van der Waals surface area contributed by atoms with Crippen molar-refractivity contribution in [1.29, 1.82) is 0 Å². The number of amides is 1. The van der Waals surface area contributed by atoms with E-state index < -0.39 is 0 Å². The maximum atomic E-state index is 11.7. The fourth-order valence-electron chi connectivity index (χ4n) is 2.55. The van der Waals surface area contributed by atoms with Gasteiger partial charge in [0.2, 0.25) is 5.91 Å². The number of rotatable bonds is 4. The van der Waals surface area contributed by atoms with Crippen LogP contribution in [-0.4, -0.2) is 52.2 Å². The Hall–Kier alpha value is -2.70. The Labute approximate surface area is 135 Å². The van der Waals surface area contributed by atoms with Gasteiger partial charge in [-0.15, -0.1) is 10.2 Å². The predicted molar refractivity (Wildman–Crippen MR) is 88.6 cm³/mol. The molecule has 1 saturated heterocycles. The van der Waals surface area contributed by atoms with E-state index in [1.807, 2.05) is 36.1 Å². The predicted octanol–water partition coefficient (Wildman–Crippen LogP) is 1.67. The third-order valence-electron chi connectivity index (χ3n) is 3.86. The van der Waals surface area contributed by atoms with Crippen molar-refractivity contribution in [3.63, 3.8) is 0 Å². The fraction of sp³-hybridized carbons (Fsp3) is 0.375. The van der Waals surface area contributed by atoms with Crippen molar-refractivity contribution in [2.45, 2.75) is 13.3 Å². The van der Waals surface area contributed by atoms with E-state index in [1.54, 1.807) is 12.4 Å². The van der Waals surface area contributed by atoms with Crippen LogP contribution in [-0.2, 0) is 4.79 Å². The van der Waals surface area contributed by atoms with Crippen molar-refractivity contribution in [3.8, 4) is 0 Å². The van der Waals surface area contributed by atoms with Gasteiger partial charge in [0.25, 0.3) is 0 Å². The number of hydrogen-bond donors (Lipinski definition) is 1. The van der Waals surface area contributed by atoms with Crippen LogP contribution in [0.2, 0.25) is 0 Å². The Morgan fingerprint density at radius 3 is 2.43 bits per heavy atom. The number of piperazine rings is 1. The summed E-state index contributed by atoms with van der Waals surface area (Å²) in [7, 11) is 0. The van der Waals surface area contributed by atoms with Crippen LogP contribution in [0.25, 0.3) is 0 Å². The molecule has 7 nitrogen and oxygen atoms in total. The molecule has 2 aromatic heterocycles. The lowest BCUT2D eigenvalue weighted by Crippen LogP contribution is -2.48. The molecule has 0 aromatic carbocycles. The minimum atomic E-state index is 0.215. The highest BCUT2D eigenvalue weighted by molar-refractivity contribution is 5.76. The van der Waals surface area contributed by atoms with Gasteiger partial charge in [-0.3, -0.25) is 9.78 Å². The zero-order valence-electron chi connectivity index (χ0n) is 13.1. The van der Waals surface area contributed by atoms with Crippen LogP contribution in [0.5, 0.6) is 0 Å². The number of anilines is 3. The molecule has 1 aliphatic rings. The Kier molecular flexibility index (Phi) is 4.65. The zero-order chi connectivity index (χ0) is 16.1. The van der Waals surface area contributed by atoms with Crippen LogP contribution in [0.4, 0.5) is 17.3 Å². The van der Waals surface area contributed by atoms with Crippen LogP contribution >= 0.6 is 0 Å². The molecule has 120 valence electrons. The summed E-state index contributed by atoms with van der Waals surface area (Å²) in [5, 5.41) is 11.7. The maximum absolute atomic E-state index is 11.7. The van der Waals surface area contributed by atoms with Gasteiger partial charge in [0.15, 0.2) is 11.6 Å². The van der Waals surface area contributed by atoms with Crippen molar-refractivity contribution in [2.24, 2.45) is 0 Å². The Morgan fingerprint density at radius 1 is 1.09 bits per heavy atom. The molecule has 0 radical (unpaired) electrons. The molecule has 1 aliphatic heterocycles. The summed E-state index contributed by atoms with van der Waals surface area (Å²) >= 11 is 0. The quantitative estimate of drug-likeness (QED) is 0.926. The average molecular weight is 312 g/mol. The molecule has 3 heterocycles. The molecule has 1 amide bonds. The summed E-state index contributed by atoms with van der Waals surface area (Å²) in [5.41, 5.74) is 0.925. The second-order valence-corrected chi connectivity index (χ2v) is 5.36. The van der Waals surface area contributed by atoms with Crippen molar-refractivity contribution in [2.75, 3.05) is 36.4 Å². The fourth-order valence-corrected chi connectivity index (χ4v) is 2.55. The Morgan fingerprint density at radius 2 is 1.83 bits per heavy atom. The molecule has 0 saturated carbocycles. The van der Waals surface area contributed by atoms with E-state index in [0.29, 0.717) is 12.2 Å². The summed E-state index contributed by atoms with van der Waals surface area (Å²) in [6.45, 7) is 4.96. The van der Waals surface area contributed by atoms with Crippen molar-refractivity contribution in [3.05, 3.63) is 36.7 Å². The lowest BCUT2D eigenvalue weighted by Gasteiger charge is -2.35. The van der Waals surface area contributed by atoms with E-state index >= 15 is 0 Å². The van der Waals surface area contributed by atoms with E-state index in [0.717, 1.165) is 37.7 Å². The van der Waals surface area contributed by atoms with Gasteiger partial charge in [-0.1, -0.05) is 6.92 Å². The molecule has 0 spiro atoms. The SMILES string of the molecule is CCC(=O)N1CCN(c2ccc(Nc3ccncc3)nn2)CC1. The van der Waals surface area contributed by atoms with E-state index in [2.05, 4.69) is 25.4 Å². The Balaban J connectivity index is 1.59. The molecule has 1 N–H and O–H groups in total. The number of carbonyl (C=O) groups is 1. The van der Waals surface area contributed by atoms with E-state index in [1.165, 1.54) is 0 Å². The smallest absolute Gasteiger partial charge is 0.222 e. The Bertz CT molecular complexity index is 637. The summed E-state index contributed by atoms with van der Waals surface area (Å²) in [4.78, 5) is 19.7. The molecule has 2 aromatic rings. The maximum Gasteiger partial charge on any atom is 0.222 e. The van der Waals surface area contributed by atoms with Crippen LogP contribution in [0.3, 0.4) is 0 Å². The average Bonchev–Trinajstić information content (AvgIpc) is 2.63.